The van der Waals surface area contributed by atoms with Crippen molar-refractivity contribution in [2.45, 2.75) is 25.7 Å². The van der Waals surface area contributed by atoms with Gasteiger partial charge in [-0.3, -0.25) is 9.59 Å². The van der Waals surface area contributed by atoms with Crippen LogP contribution >= 0.6 is 11.8 Å². The Morgan fingerprint density at radius 3 is 2.55 bits per heavy atom. The summed E-state index contributed by atoms with van der Waals surface area (Å²) < 4.78 is 0. The zero-order valence-electron chi connectivity index (χ0n) is 11.9. The zero-order chi connectivity index (χ0) is 14.5. The van der Waals surface area contributed by atoms with Gasteiger partial charge in [0, 0.05) is 6.54 Å². The maximum absolute atomic E-state index is 12.2. The number of thioether (sulfide) groups is 1. The number of carbonyl (C=O) groups is 2. The first-order chi connectivity index (χ1) is 9.65. The van der Waals surface area contributed by atoms with Crippen molar-refractivity contribution in [3.63, 3.8) is 0 Å². The van der Waals surface area contributed by atoms with E-state index in [0.717, 1.165) is 25.0 Å². The first kappa shape index (κ1) is 15.4. The van der Waals surface area contributed by atoms with Crippen molar-refractivity contribution in [2.24, 2.45) is 23.7 Å². The van der Waals surface area contributed by atoms with E-state index in [9.17, 15) is 14.7 Å². The maximum Gasteiger partial charge on any atom is 0.307 e. The maximum atomic E-state index is 12.2. The molecule has 4 nitrogen and oxygen atoms in total. The molecule has 0 aliphatic heterocycles. The lowest BCUT2D eigenvalue weighted by atomic mass is 9.82. The lowest BCUT2D eigenvalue weighted by molar-refractivity contribution is -0.147. The summed E-state index contributed by atoms with van der Waals surface area (Å²) >= 11 is 1.84. The Bertz CT molecular complexity index is 397. The molecular formula is C15H23NO3S. The van der Waals surface area contributed by atoms with Gasteiger partial charge in [0.1, 0.15) is 0 Å². The molecule has 0 aromatic rings. The van der Waals surface area contributed by atoms with E-state index in [-0.39, 0.29) is 23.7 Å². The summed E-state index contributed by atoms with van der Waals surface area (Å²) in [5.41, 5.74) is 0. The van der Waals surface area contributed by atoms with Crippen LogP contribution in [0.25, 0.3) is 0 Å². The SMILES string of the molecule is CSCCCCCNC(=O)C1C2C=CC(C2)C1C(=O)O. The van der Waals surface area contributed by atoms with Crippen LogP contribution in [0.3, 0.4) is 0 Å². The number of carboxylic acid groups (broad SMARTS) is 1. The lowest BCUT2D eigenvalue weighted by Crippen LogP contribution is -2.40. The number of carboxylic acids is 1. The van der Waals surface area contributed by atoms with Crippen molar-refractivity contribution in [3.8, 4) is 0 Å². The molecule has 0 aromatic heterocycles. The van der Waals surface area contributed by atoms with E-state index >= 15 is 0 Å². The van der Waals surface area contributed by atoms with Gasteiger partial charge < -0.3 is 10.4 Å². The van der Waals surface area contributed by atoms with Gasteiger partial charge in [0.2, 0.25) is 5.91 Å². The Balaban J connectivity index is 1.77. The molecule has 2 aliphatic carbocycles. The predicted octanol–water partition coefficient (Wildman–Crippen LogP) is 2.16. The topological polar surface area (TPSA) is 66.4 Å². The highest BCUT2D eigenvalue weighted by molar-refractivity contribution is 7.98. The van der Waals surface area contributed by atoms with Gasteiger partial charge in [0.25, 0.3) is 0 Å². The van der Waals surface area contributed by atoms with Gasteiger partial charge in [-0.05, 0) is 43.1 Å². The Labute approximate surface area is 124 Å². The van der Waals surface area contributed by atoms with Crippen molar-refractivity contribution >= 4 is 23.6 Å². The number of nitrogens with one attached hydrogen (secondary N) is 1. The fraction of sp³-hybridized carbons (Fsp3) is 0.733. The van der Waals surface area contributed by atoms with Crippen molar-refractivity contribution < 1.29 is 14.7 Å². The molecule has 5 heteroatoms. The number of unbranched alkanes of at least 4 members (excludes halogenated alkanes) is 2. The van der Waals surface area contributed by atoms with E-state index < -0.39 is 11.9 Å². The number of carbonyl (C=O) groups excluding carboxylic acids is 1. The van der Waals surface area contributed by atoms with Crippen LogP contribution in [0.1, 0.15) is 25.7 Å². The van der Waals surface area contributed by atoms with Crippen LogP contribution in [-0.2, 0) is 9.59 Å². The first-order valence-electron chi connectivity index (χ1n) is 7.33. The summed E-state index contributed by atoms with van der Waals surface area (Å²) in [6.45, 7) is 0.664. The second-order valence-electron chi connectivity index (χ2n) is 5.68. The average Bonchev–Trinajstić information content (AvgIpc) is 3.02. The number of rotatable bonds is 8. The third kappa shape index (κ3) is 3.37. The van der Waals surface area contributed by atoms with Gasteiger partial charge in [-0.25, -0.2) is 0 Å². The Morgan fingerprint density at radius 1 is 1.20 bits per heavy atom. The molecule has 20 heavy (non-hydrogen) atoms. The molecule has 112 valence electrons. The highest BCUT2D eigenvalue weighted by Crippen LogP contribution is 2.48. The number of amides is 1. The standard InChI is InChI=1S/C15H23NO3S/c1-20-8-4-2-3-7-16-14(17)12-10-5-6-11(9-10)13(12)15(18)19/h5-6,10-13H,2-4,7-9H2,1H3,(H,16,17)(H,18,19). The minimum absolute atomic E-state index is 0.0508. The van der Waals surface area contributed by atoms with Crippen LogP contribution in [0.4, 0.5) is 0 Å². The minimum atomic E-state index is -0.832. The molecule has 0 heterocycles. The lowest BCUT2D eigenvalue weighted by Gasteiger charge is -2.23. The Hall–Kier alpha value is -0.970. The van der Waals surface area contributed by atoms with E-state index in [0.29, 0.717) is 6.54 Å². The van der Waals surface area contributed by atoms with Gasteiger partial charge in [0.15, 0.2) is 0 Å². The van der Waals surface area contributed by atoms with Crippen molar-refractivity contribution in [1.82, 2.24) is 5.32 Å². The van der Waals surface area contributed by atoms with Crippen molar-refractivity contribution in [1.29, 1.82) is 0 Å². The van der Waals surface area contributed by atoms with Gasteiger partial charge >= 0.3 is 5.97 Å². The van der Waals surface area contributed by atoms with Crippen LogP contribution < -0.4 is 5.32 Å². The summed E-state index contributed by atoms with van der Waals surface area (Å²) in [4.78, 5) is 23.6. The average molecular weight is 297 g/mol. The molecule has 2 bridgehead atoms. The van der Waals surface area contributed by atoms with E-state index in [1.165, 1.54) is 6.42 Å². The molecule has 4 unspecified atom stereocenters. The van der Waals surface area contributed by atoms with Crippen LogP contribution in [0, 0.1) is 23.7 Å². The predicted molar refractivity (Wildman–Crippen MR) is 80.6 cm³/mol. The third-order valence-electron chi connectivity index (χ3n) is 4.37. The summed E-state index contributed by atoms with van der Waals surface area (Å²) in [6.07, 6.45) is 10.2. The zero-order valence-corrected chi connectivity index (χ0v) is 12.7. The van der Waals surface area contributed by atoms with Gasteiger partial charge in [-0.1, -0.05) is 18.6 Å². The number of fused-ring (bicyclic) bond motifs is 2. The molecule has 0 radical (unpaired) electrons. The smallest absolute Gasteiger partial charge is 0.307 e. The highest BCUT2D eigenvalue weighted by atomic mass is 32.2. The Morgan fingerprint density at radius 2 is 1.90 bits per heavy atom. The monoisotopic (exact) mass is 297 g/mol. The van der Waals surface area contributed by atoms with Gasteiger partial charge in [-0.2, -0.15) is 11.8 Å². The number of aliphatic carboxylic acids is 1. The minimum Gasteiger partial charge on any atom is -0.481 e. The quantitative estimate of drug-likeness (QED) is 0.532. The summed E-state index contributed by atoms with van der Waals surface area (Å²) in [7, 11) is 0. The normalized spacial score (nSPS) is 30.6. The van der Waals surface area contributed by atoms with Crippen LogP contribution in [0.15, 0.2) is 12.2 Å². The second kappa shape index (κ2) is 7.16. The number of hydrogen-bond acceptors (Lipinski definition) is 3. The number of hydrogen-bond donors (Lipinski definition) is 2. The van der Waals surface area contributed by atoms with Crippen LogP contribution in [-0.4, -0.2) is 35.5 Å². The highest BCUT2D eigenvalue weighted by Gasteiger charge is 2.51. The van der Waals surface area contributed by atoms with E-state index in [1.807, 2.05) is 23.9 Å². The molecule has 2 aliphatic rings. The van der Waals surface area contributed by atoms with Crippen LogP contribution in [0.5, 0.6) is 0 Å². The molecule has 1 saturated carbocycles. The molecule has 1 amide bonds. The first-order valence-corrected chi connectivity index (χ1v) is 8.72. The summed E-state index contributed by atoms with van der Waals surface area (Å²) in [5, 5.41) is 12.2. The molecule has 0 spiro atoms. The fourth-order valence-corrected chi connectivity index (χ4v) is 3.89. The third-order valence-corrected chi connectivity index (χ3v) is 5.07. The Kier molecular flexibility index (Phi) is 5.52. The van der Waals surface area contributed by atoms with E-state index in [2.05, 4.69) is 11.6 Å². The van der Waals surface area contributed by atoms with E-state index in [4.69, 9.17) is 0 Å². The largest absolute Gasteiger partial charge is 0.481 e. The van der Waals surface area contributed by atoms with Gasteiger partial charge in [0.05, 0.1) is 11.8 Å². The number of allylic oxidation sites excluding steroid dienone is 2. The van der Waals surface area contributed by atoms with E-state index in [1.54, 1.807) is 0 Å². The molecule has 2 rings (SSSR count). The summed E-state index contributed by atoms with van der Waals surface area (Å²) in [5.74, 6) is -0.463. The molecule has 4 atom stereocenters. The molecule has 0 aromatic carbocycles. The van der Waals surface area contributed by atoms with Crippen LogP contribution in [0.2, 0.25) is 0 Å². The van der Waals surface area contributed by atoms with Gasteiger partial charge in [-0.15, -0.1) is 0 Å². The molecule has 2 N–H and O–H groups in total. The molecule has 0 saturated heterocycles. The van der Waals surface area contributed by atoms with Crippen molar-refractivity contribution in [2.75, 3.05) is 18.6 Å². The molecule has 1 fully saturated rings. The van der Waals surface area contributed by atoms with Crippen molar-refractivity contribution in [3.05, 3.63) is 12.2 Å². The molecular weight excluding hydrogens is 274 g/mol. The fourth-order valence-electron chi connectivity index (χ4n) is 3.39. The second-order valence-corrected chi connectivity index (χ2v) is 6.67. The summed E-state index contributed by atoms with van der Waals surface area (Å²) in [6, 6.07) is 0.